The zero-order chi connectivity index (χ0) is 12.3. The highest BCUT2D eigenvalue weighted by Crippen LogP contribution is 2.11. The molecule has 0 spiro atoms. The molecule has 3 nitrogen and oxygen atoms in total. The van der Waals surface area contributed by atoms with Gasteiger partial charge in [-0.25, -0.2) is 0 Å². The van der Waals surface area contributed by atoms with E-state index in [0.717, 1.165) is 25.9 Å². The number of rotatable bonds is 2. The number of aromatic nitrogens is 1. The molecule has 1 amide bonds. The van der Waals surface area contributed by atoms with Gasteiger partial charge in [-0.1, -0.05) is 24.2 Å². The van der Waals surface area contributed by atoms with E-state index in [1.165, 1.54) is 23.4 Å². The van der Waals surface area contributed by atoms with Gasteiger partial charge in [0, 0.05) is 20.0 Å². The summed E-state index contributed by atoms with van der Waals surface area (Å²) in [5.41, 5.74) is 3.28. The maximum Gasteiger partial charge on any atom is 0.288 e. The minimum atomic E-state index is 0.276. The van der Waals surface area contributed by atoms with Gasteiger partial charge in [0.1, 0.15) is 0 Å². The first-order chi connectivity index (χ1) is 8.18. The Labute approximate surface area is 107 Å². The van der Waals surface area contributed by atoms with Gasteiger partial charge in [0.15, 0.2) is 5.69 Å². The second-order valence-corrected chi connectivity index (χ2v) is 5.85. The summed E-state index contributed by atoms with van der Waals surface area (Å²) < 4.78 is 2.08. The molecule has 0 aliphatic carbocycles. The second-order valence-electron chi connectivity index (χ2n) is 4.79. The average molecular weight is 253 g/mol. The number of hydrogen-bond acceptors (Lipinski definition) is 2. The Morgan fingerprint density at radius 3 is 2.47 bits per heavy atom. The Hall–Kier alpha value is -0.900. The summed E-state index contributed by atoms with van der Waals surface area (Å²) in [6, 6.07) is 0. The average Bonchev–Trinajstić information content (AvgIpc) is 2.59. The molecule has 17 heavy (non-hydrogen) atoms. The van der Waals surface area contributed by atoms with Gasteiger partial charge in [-0.3, -0.25) is 4.79 Å². The fourth-order valence-electron chi connectivity index (χ4n) is 2.23. The molecule has 0 unspecified atom stereocenters. The van der Waals surface area contributed by atoms with Crippen LogP contribution < -0.4 is 4.57 Å². The molecule has 4 heteroatoms. The Bertz CT molecular complexity index is 392. The standard InChI is InChI=1S/C13H21N2OS/c1-11-12(2)17-10-15(11)9-13(16)14-7-5-3-4-6-8-14/h10H,3-9H2,1-2H3/q+1. The number of nitrogens with zero attached hydrogens (tertiary/aromatic N) is 2. The van der Waals surface area contributed by atoms with Crippen molar-refractivity contribution in [1.82, 2.24) is 4.90 Å². The molecule has 0 N–H and O–H groups in total. The van der Waals surface area contributed by atoms with Gasteiger partial charge in [0.2, 0.25) is 12.1 Å². The SMILES string of the molecule is Cc1sc[n+](CC(=O)N2CCCCCC2)c1C. The third-order valence-corrected chi connectivity index (χ3v) is 4.57. The molecule has 0 radical (unpaired) electrons. The number of carbonyl (C=O) groups is 1. The lowest BCUT2D eigenvalue weighted by Gasteiger charge is -2.18. The minimum Gasteiger partial charge on any atom is -0.337 e. The maximum absolute atomic E-state index is 12.2. The van der Waals surface area contributed by atoms with E-state index in [2.05, 4.69) is 23.9 Å². The summed E-state index contributed by atoms with van der Waals surface area (Å²) in [6.07, 6.45) is 4.87. The monoisotopic (exact) mass is 253 g/mol. The number of likely N-dealkylation sites (tertiary alicyclic amines) is 1. The lowest BCUT2D eigenvalue weighted by molar-refractivity contribution is -0.686. The number of hydrogen-bond donors (Lipinski definition) is 0. The quantitative estimate of drug-likeness (QED) is 0.740. The van der Waals surface area contributed by atoms with Crippen molar-refractivity contribution in [2.75, 3.05) is 13.1 Å². The van der Waals surface area contributed by atoms with Gasteiger partial charge in [0.05, 0.1) is 4.88 Å². The van der Waals surface area contributed by atoms with E-state index in [4.69, 9.17) is 0 Å². The Kier molecular flexibility index (Phi) is 4.15. The van der Waals surface area contributed by atoms with Crippen molar-refractivity contribution >= 4 is 17.2 Å². The molecule has 0 saturated carbocycles. The minimum absolute atomic E-state index is 0.276. The molecule has 1 aliphatic heterocycles. The summed E-state index contributed by atoms with van der Waals surface area (Å²) in [5.74, 6) is 0.276. The number of thiazole rings is 1. The predicted octanol–water partition coefficient (Wildman–Crippen LogP) is 2.06. The van der Waals surface area contributed by atoms with Crippen molar-refractivity contribution in [3.63, 3.8) is 0 Å². The van der Waals surface area contributed by atoms with E-state index in [-0.39, 0.29) is 5.91 Å². The van der Waals surface area contributed by atoms with Crippen molar-refractivity contribution in [3.8, 4) is 0 Å². The smallest absolute Gasteiger partial charge is 0.288 e. The molecule has 0 bridgehead atoms. The van der Waals surface area contributed by atoms with Gasteiger partial charge < -0.3 is 4.90 Å². The summed E-state index contributed by atoms with van der Waals surface area (Å²) in [6.45, 7) is 6.59. The first kappa shape index (κ1) is 12.6. The van der Waals surface area contributed by atoms with E-state index in [9.17, 15) is 4.79 Å². The van der Waals surface area contributed by atoms with Gasteiger partial charge in [0.25, 0.3) is 5.91 Å². The summed E-state index contributed by atoms with van der Waals surface area (Å²) in [4.78, 5) is 15.5. The lowest BCUT2D eigenvalue weighted by Crippen LogP contribution is -2.45. The van der Waals surface area contributed by atoms with Gasteiger partial charge >= 0.3 is 0 Å². The summed E-state index contributed by atoms with van der Waals surface area (Å²) in [5, 5.41) is 0. The topological polar surface area (TPSA) is 24.2 Å². The van der Waals surface area contributed by atoms with Crippen LogP contribution >= 0.6 is 11.3 Å². The first-order valence-corrected chi connectivity index (χ1v) is 7.28. The zero-order valence-corrected chi connectivity index (χ0v) is 11.6. The molecule has 1 saturated heterocycles. The zero-order valence-electron chi connectivity index (χ0n) is 10.7. The third kappa shape index (κ3) is 3.06. The maximum atomic E-state index is 12.2. The number of aryl methyl sites for hydroxylation is 1. The van der Waals surface area contributed by atoms with Gasteiger partial charge in [-0.05, 0) is 19.8 Å². The van der Waals surface area contributed by atoms with Crippen LogP contribution in [0.3, 0.4) is 0 Å². The normalized spacial score (nSPS) is 16.9. The van der Waals surface area contributed by atoms with Crippen molar-refractivity contribution in [2.24, 2.45) is 0 Å². The van der Waals surface area contributed by atoms with Crippen LogP contribution in [-0.4, -0.2) is 23.9 Å². The Morgan fingerprint density at radius 2 is 1.94 bits per heavy atom. The first-order valence-electron chi connectivity index (χ1n) is 6.40. The Morgan fingerprint density at radius 1 is 1.29 bits per heavy atom. The van der Waals surface area contributed by atoms with Gasteiger partial charge in [-0.2, -0.15) is 4.57 Å². The van der Waals surface area contributed by atoms with Crippen LogP contribution in [0, 0.1) is 13.8 Å². The highest BCUT2D eigenvalue weighted by molar-refractivity contribution is 7.09. The molecule has 1 aromatic rings. The lowest BCUT2D eigenvalue weighted by atomic mass is 10.2. The molecular weight excluding hydrogens is 232 g/mol. The van der Waals surface area contributed by atoms with Crippen molar-refractivity contribution in [1.29, 1.82) is 0 Å². The molecular formula is C13H21N2OS+. The molecule has 1 aromatic heterocycles. The van der Waals surface area contributed by atoms with Gasteiger partial charge in [-0.15, -0.1) is 0 Å². The number of carbonyl (C=O) groups excluding carboxylic acids is 1. The molecule has 1 fully saturated rings. The Balaban J connectivity index is 1.98. The fraction of sp³-hybridized carbons (Fsp3) is 0.692. The van der Waals surface area contributed by atoms with E-state index in [0.29, 0.717) is 6.54 Å². The van der Waals surface area contributed by atoms with Crippen LogP contribution in [0.5, 0.6) is 0 Å². The van der Waals surface area contributed by atoms with Crippen molar-refractivity contribution in [3.05, 3.63) is 16.1 Å². The van der Waals surface area contributed by atoms with E-state index < -0.39 is 0 Å². The second kappa shape index (κ2) is 5.63. The highest BCUT2D eigenvalue weighted by atomic mass is 32.1. The van der Waals surface area contributed by atoms with E-state index >= 15 is 0 Å². The van der Waals surface area contributed by atoms with Crippen LogP contribution in [0.4, 0.5) is 0 Å². The molecule has 94 valence electrons. The van der Waals surface area contributed by atoms with E-state index in [1.807, 2.05) is 4.90 Å². The van der Waals surface area contributed by atoms with Crippen LogP contribution in [0.15, 0.2) is 5.51 Å². The largest absolute Gasteiger partial charge is 0.337 e. The molecule has 0 atom stereocenters. The van der Waals surface area contributed by atoms with Crippen LogP contribution in [0.1, 0.15) is 36.3 Å². The van der Waals surface area contributed by atoms with Crippen LogP contribution in [0.2, 0.25) is 0 Å². The molecule has 2 heterocycles. The number of amides is 1. The summed E-state index contributed by atoms with van der Waals surface area (Å²) in [7, 11) is 0. The van der Waals surface area contributed by atoms with Crippen molar-refractivity contribution < 1.29 is 9.36 Å². The van der Waals surface area contributed by atoms with Crippen LogP contribution in [0.25, 0.3) is 0 Å². The van der Waals surface area contributed by atoms with Crippen LogP contribution in [-0.2, 0) is 11.3 Å². The molecule has 1 aliphatic rings. The third-order valence-electron chi connectivity index (χ3n) is 3.56. The molecule has 0 aromatic carbocycles. The summed E-state index contributed by atoms with van der Waals surface area (Å²) >= 11 is 1.72. The highest BCUT2D eigenvalue weighted by Gasteiger charge is 2.21. The van der Waals surface area contributed by atoms with Crippen molar-refractivity contribution in [2.45, 2.75) is 46.1 Å². The molecule has 2 rings (SSSR count). The fourth-order valence-corrected chi connectivity index (χ4v) is 3.04. The van der Waals surface area contributed by atoms with E-state index in [1.54, 1.807) is 11.3 Å². The predicted molar refractivity (Wildman–Crippen MR) is 69.0 cm³/mol.